The molecule has 2 fully saturated rings. The van der Waals surface area contributed by atoms with Gasteiger partial charge in [-0.2, -0.15) is 9.97 Å². The minimum atomic E-state index is -0.590. The SMILES string of the molecule is CCN1C(=O)c2c(nc(Br)n2Cc2ccc(OC(C)=O)c(Br)c2)N2C[C@@H](Cc3ccccc3)N=C12.CCN1C(=O)c2c(nc(C(=O)OC)n2Cc2cc(Br)c3c(c2)CCO3)N2C[C@@H](Cc3ccccc3)N=C12.CCN1C(=O)c2c(nc(NC3CCCC3)n2Cc2ccc(C)c(Cl)c2)N2CCN=C12.CCN1C(=O)c2c(nc(NC3CCCC3)n2Cc2ccc(O)c(Br)c2)N2CCN=C12. The summed E-state index contributed by atoms with van der Waals surface area (Å²) in [4.78, 5) is 132. The van der Waals surface area contributed by atoms with Crippen LogP contribution in [0.2, 0.25) is 5.02 Å². The zero-order valence-electron chi connectivity index (χ0n) is 74.3. The number of rotatable bonds is 22. The molecular formula is C95H101Br4ClN22O10. The highest BCUT2D eigenvalue weighted by Crippen LogP contribution is 2.43. The normalized spacial score (nSPS) is 17.9. The molecule has 6 aromatic carbocycles. The van der Waals surface area contributed by atoms with Crippen molar-refractivity contribution in [1.29, 1.82) is 0 Å². The van der Waals surface area contributed by atoms with E-state index in [2.05, 4.69) is 140 Å². The summed E-state index contributed by atoms with van der Waals surface area (Å²) in [6.45, 7) is 19.7. The average Bonchev–Trinajstić information content (AvgIpc) is 1.61. The van der Waals surface area contributed by atoms with Gasteiger partial charge in [0.2, 0.25) is 41.6 Å². The first-order valence-electron chi connectivity index (χ1n) is 45.0. The number of aromatic hydroxyl groups is 1. The van der Waals surface area contributed by atoms with Crippen LogP contribution in [-0.2, 0) is 55.0 Å². The number of aryl methyl sites for hydroxylation is 1. The van der Waals surface area contributed by atoms with Gasteiger partial charge in [-0.1, -0.05) is 128 Å². The summed E-state index contributed by atoms with van der Waals surface area (Å²) in [6.07, 6.45) is 11.8. The molecule has 0 bridgehead atoms. The van der Waals surface area contributed by atoms with Gasteiger partial charge in [0.25, 0.3) is 23.6 Å². The van der Waals surface area contributed by atoms with Crippen molar-refractivity contribution >= 4 is 170 Å². The minimum absolute atomic E-state index is 0.0328. The first kappa shape index (κ1) is 90.8. The highest BCUT2D eigenvalue weighted by atomic mass is 79.9. The van der Waals surface area contributed by atoms with Gasteiger partial charge in [0.15, 0.2) is 50.8 Å². The Morgan fingerprint density at radius 2 is 0.955 bits per heavy atom. The first-order chi connectivity index (χ1) is 64.0. The fourth-order valence-electron chi connectivity index (χ4n) is 19.0. The minimum Gasteiger partial charge on any atom is -0.507 e. The second-order valence-electron chi connectivity index (χ2n) is 34.0. The van der Waals surface area contributed by atoms with Gasteiger partial charge in [-0.3, -0.25) is 82.3 Å². The van der Waals surface area contributed by atoms with Gasteiger partial charge in [0, 0.05) is 69.7 Å². The van der Waals surface area contributed by atoms with E-state index in [9.17, 15) is 33.9 Å². The molecule has 0 unspecified atom stereocenters. The molecule has 32 nitrogen and oxygen atoms in total. The Hall–Kier alpha value is -11.7. The van der Waals surface area contributed by atoms with E-state index >= 15 is 0 Å². The lowest BCUT2D eigenvalue weighted by Crippen LogP contribution is -2.50. The first-order valence-corrected chi connectivity index (χ1v) is 48.5. The smallest absolute Gasteiger partial charge is 0.374 e. The number of hydrogen-bond acceptors (Lipinski definition) is 24. The maximum Gasteiger partial charge on any atom is 0.374 e. The van der Waals surface area contributed by atoms with Crippen LogP contribution in [0.25, 0.3) is 0 Å². The number of aliphatic imine (C=N–C) groups is 4. The van der Waals surface area contributed by atoms with Crippen LogP contribution in [0.15, 0.2) is 166 Å². The standard InChI is InChI=1S/C27H26BrN5O4.C25H23Br2N5O3.C22H27ClN6O.C21H25BrN6O2/c1-3-31-25(34)21-23(33-15-19(29-27(31)33)12-16-7-5-4-6-8-16)30-24(26(35)36-2)32(21)14-17-11-18-9-10-37-22(18)20(28)13-17;1-3-30-23(34)21-22(32-14-18(28-25(30)32)11-16-7-5-4-6-8-16)29-24(27)31(21)13-17-9-10-20(19(26)12-17)35-15(2)33;1-3-27-20(30)18-19(28-11-10-24-22(27)28)26-21(25-16-6-4-5-7-16)29(18)13-15-9-8-14(2)17(23)12-15;1-2-26-19(30)17-18(27-10-9-23-21(26)27)25-20(24-14-5-3-4-6-14)28(17)12-13-7-8-16(29)15(22)11-13/h4-8,11,13,19H,3,9-10,12,14-15H2,1-2H3;4-10,12,18H,3,11,13-14H2,1-2H3;8-9,12,16H,3-7,10-11,13H2,1-2H3,(H,25,26);7-8,11,14,29H,2-6,9-10,12H2,1H3,(H,24,25)/t19-;18-;;/m11../s1. The molecule has 13 heterocycles. The van der Waals surface area contributed by atoms with Gasteiger partial charge in [-0.25, -0.2) is 24.7 Å². The van der Waals surface area contributed by atoms with Crippen molar-refractivity contribution in [3.8, 4) is 17.2 Å². The third-order valence-electron chi connectivity index (χ3n) is 25.3. The van der Waals surface area contributed by atoms with Crippen LogP contribution in [0.4, 0.5) is 35.2 Å². The molecule has 0 radical (unpaired) electrons. The van der Waals surface area contributed by atoms with Crippen LogP contribution in [0.3, 0.4) is 0 Å². The van der Waals surface area contributed by atoms with Crippen molar-refractivity contribution < 1.29 is 48.1 Å². The lowest BCUT2D eigenvalue weighted by molar-refractivity contribution is -0.131. The van der Waals surface area contributed by atoms with Crippen molar-refractivity contribution in [2.45, 2.75) is 163 Å². The van der Waals surface area contributed by atoms with Crippen LogP contribution in [-0.4, -0.2) is 226 Å². The Kier molecular flexibility index (Phi) is 26.7. The number of nitrogens with zero attached hydrogens (tertiary/aromatic N) is 20. The third-order valence-corrected chi connectivity index (χ3v) is 28.2. The molecule has 2 saturated carbocycles. The molecule has 4 aromatic heterocycles. The van der Waals surface area contributed by atoms with Crippen LogP contribution in [0.1, 0.15) is 183 Å². The lowest BCUT2D eigenvalue weighted by atomic mass is 10.1. The van der Waals surface area contributed by atoms with E-state index in [0.29, 0.717) is 168 Å². The highest BCUT2D eigenvalue weighted by molar-refractivity contribution is 9.11. The van der Waals surface area contributed by atoms with Gasteiger partial charge < -0.3 is 39.1 Å². The maximum absolute atomic E-state index is 13.8. The molecule has 2 aliphatic carbocycles. The molecule has 37 heteroatoms. The zero-order valence-corrected chi connectivity index (χ0v) is 81.4. The number of carbonyl (C=O) groups excluding carboxylic acids is 6. The second-order valence-corrected chi connectivity index (χ2v) is 37.7. The second kappa shape index (κ2) is 38.8. The van der Waals surface area contributed by atoms with E-state index in [0.717, 1.165) is 130 Å². The molecule has 0 spiro atoms. The van der Waals surface area contributed by atoms with E-state index in [-0.39, 0.29) is 59.8 Å². The van der Waals surface area contributed by atoms with E-state index in [1.54, 1.807) is 36.3 Å². The molecule has 11 aliphatic rings. The Morgan fingerprint density at radius 1 is 0.508 bits per heavy atom. The number of nitrogens with one attached hydrogen (secondary N) is 2. The Bertz CT molecular complexity index is 6160. The molecule has 9 aliphatic heterocycles. The van der Waals surface area contributed by atoms with E-state index in [4.69, 9.17) is 50.7 Å². The van der Waals surface area contributed by atoms with Crippen LogP contribution in [0, 0.1) is 6.92 Å². The molecule has 686 valence electrons. The molecule has 21 rings (SSSR count). The monoisotopic (exact) mass is 2060 g/mol. The van der Waals surface area contributed by atoms with Crippen LogP contribution in [0.5, 0.6) is 17.2 Å². The van der Waals surface area contributed by atoms with Crippen LogP contribution >= 0.6 is 75.3 Å². The molecule has 132 heavy (non-hydrogen) atoms. The lowest BCUT2D eigenvalue weighted by Gasteiger charge is -2.33. The van der Waals surface area contributed by atoms with E-state index in [1.807, 2.05) is 132 Å². The van der Waals surface area contributed by atoms with Gasteiger partial charge >= 0.3 is 11.9 Å². The average molecular weight is 2070 g/mol. The number of ether oxygens (including phenoxy) is 3. The van der Waals surface area contributed by atoms with Gasteiger partial charge in [-0.15, -0.1) is 0 Å². The molecule has 4 amide bonds. The summed E-state index contributed by atoms with van der Waals surface area (Å²) in [6, 6.07) is 42.2. The van der Waals surface area contributed by atoms with Crippen LogP contribution < -0.4 is 39.7 Å². The fraction of sp³-hybridized carbons (Fsp3) is 0.389. The number of aromatic nitrogens is 8. The molecular weight excluding hydrogens is 1960 g/mol. The number of phenolic OH excluding ortho intramolecular Hbond substituents is 1. The third kappa shape index (κ3) is 17.9. The number of carbonyl (C=O) groups is 6. The number of imidazole rings is 4. The fourth-order valence-corrected chi connectivity index (χ4v) is 21.3. The number of guanidine groups is 4. The molecule has 10 aromatic rings. The predicted molar refractivity (Wildman–Crippen MR) is 520 cm³/mol. The zero-order chi connectivity index (χ0) is 92.0. The maximum atomic E-state index is 13.8. The van der Waals surface area contributed by atoms with Gasteiger partial charge in [0.05, 0.1) is 91.6 Å². The van der Waals surface area contributed by atoms with Gasteiger partial charge in [0.1, 0.15) is 17.2 Å². The van der Waals surface area contributed by atoms with Crippen molar-refractivity contribution in [1.82, 2.24) is 57.8 Å². The highest BCUT2D eigenvalue weighted by Gasteiger charge is 2.48. The van der Waals surface area contributed by atoms with Gasteiger partial charge in [-0.05, 0) is 218 Å². The molecule has 2 atom stereocenters. The topological polar surface area (TPSA) is 321 Å². The molecule has 3 N–H and O–H groups in total. The van der Waals surface area contributed by atoms with Crippen molar-refractivity contribution in [2.75, 3.05) is 109 Å². The number of hydrogen-bond donors (Lipinski definition) is 3. The quantitative estimate of drug-likeness (QED) is 0.0419. The Balaban J connectivity index is 0.000000118. The number of fused-ring (bicyclic) bond motifs is 13. The number of halogens is 5. The number of phenols is 1. The summed E-state index contributed by atoms with van der Waals surface area (Å²) in [5.74, 6) is 6.84. The number of benzene rings is 6. The largest absolute Gasteiger partial charge is 0.507 e. The van der Waals surface area contributed by atoms with E-state index < -0.39 is 5.97 Å². The van der Waals surface area contributed by atoms with E-state index in [1.165, 1.54) is 50.8 Å². The number of amides is 4. The Labute approximate surface area is 802 Å². The van der Waals surface area contributed by atoms with Crippen molar-refractivity contribution in [3.63, 3.8) is 0 Å². The molecule has 0 saturated heterocycles. The number of anilines is 6. The summed E-state index contributed by atoms with van der Waals surface area (Å²) in [5, 5.41) is 17.8. The number of esters is 2. The van der Waals surface area contributed by atoms with Crippen molar-refractivity contribution in [3.05, 3.63) is 224 Å². The van der Waals surface area contributed by atoms with Crippen molar-refractivity contribution in [2.24, 2.45) is 20.0 Å². The Morgan fingerprint density at radius 3 is 1.45 bits per heavy atom. The summed E-state index contributed by atoms with van der Waals surface area (Å²) >= 11 is 20.4. The summed E-state index contributed by atoms with van der Waals surface area (Å²) in [7, 11) is 1.32. The summed E-state index contributed by atoms with van der Waals surface area (Å²) < 4.78 is 26.3. The summed E-state index contributed by atoms with van der Waals surface area (Å²) in [5.41, 5.74) is 10.5. The number of methoxy groups -OCH3 is 1. The predicted octanol–water partition coefficient (Wildman–Crippen LogP) is 15.6.